The van der Waals surface area contributed by atoms with Crippen LogP contribution in [0.2, 0.25) is 0 Å². The van der Waals surface area contributed by atoms with E-state index in [1.165, 1.54) is 95.3 Å². The highest BCUT2D eigenvalue weighted by atomic mass is 16.5. The van der Waals surface area contributed by atoms with Crippen molar-refractivity contribution >= 4 is 11.8 Å². The number of hydrogen-bond acceptors (Lipinski definition) is 3. The average Bonchev–Trinajstić information content (AvgIpc) is 2.93. The van der Waals surface area contributed by atoms with Crippen LogP contribution in [0.3, 0.4) is 0 Å². The maximum atomic E-state index is 13.3. The molecule has 1 aromatic carbocycles. The molecule has 0 N–H and O–H groups in total. The van der Waals surface area contributed by atoms with Gasteiger partial charge in [-0.25, -0.2) is 4.57 Å². The molecule has 0 aliphatic carbocycles. The Hall–Kier alpha value is -2.69. The molecule has 0 saturated heterocycles. The third kappa shape index (κ3) is 12.4. The zero-order valence-corrected chi connectivity index (χ0v) is 25.2. The van der Waals surface area contributed by atoms with Crippen molar-refractivity contribution in [2.45, 2.75) is 131 Å². The average molecular weight is 538 g/mol. The standard InChI is InChI=1S/C34H53N2O3/c1-5-7-8-9-10-11-12-13-14-15-16-17-18-21-26-39-32-23-24-33(29(3)27-32)34(38)36(30(4)37)28-31-22-19-20-25-35(31)6-2/h19-20,22-25,27H,5-18,21,26,28H2,1-4H3/q+1. The number of amides is 2. The van der Waals surface area contributed by atoms with Gasteiger partial charge in [-0.1, -0.05) is 96.5 Å². The normalized spacial score (nSPS) is 11.0. The first-order valence-corrected chi connectivity index (χ1v) is 15.5. The van der Waals surface area contributed by atoms with Gasteiger partial charge in [-0.05, 0) is 44.0 Å². The molecule has 0 radical (unpaired) electrons. The maximum absolute atomic E-state index is 13.3. The largest absolute Gasteiger partial charge is 0.494 e. The molecule has 0 spiro atoms. The molecule has 39 heavy (non-hydrogen) atoms. The smallest absolute Gasteiger partial charge is 0.261 e. The van der Waals surface area contributed by atoms with E-state index >= 15 is 0 Å². The van der Waals surface area contributed by atoms with Crippen molar-refractivity contribution in [3.05, 3.63) is 59.4 Å². The first-order chi connectivity index (χ1) is 19.0. The fourth-order valence-corrected chi connectivity index (χ4v) is 5.05. The molecule has 0 atom stereocenters. The van der Waals surface area contributed by atoms with Crippen LogP contribution in [0.25, 0.3) is 0 Å². The highest BCUT2D eigenvalue weighted by Gasteiger charge is 2.25. The molecule has 2 amide bonds. The number of imide groups is 1. The topological polar surface area (TPSA) is 50.5 Å². The molecular weight excluding hydrogens is 484 g/mol. The molecule has 0 unspecified atom stereocenters. The number of carbonyl (C=O) groups is 2. The molecular formula is C34H53N2O3+. The van der Waals surface area contributed by atoms with Gasteiger partial charge in [0.05, 0.1) is 6.61 Å². The molecule has 5 heteroatoms. The minimum absolute atomic E-state index is 0.250. The molecule has 2 aromatic rings. The van der Waals surface area contributed by atoms with E-state index in [2.05, 4.69) is 6.92 Å². The van der Waals surface area contributed by atoms with Crippen molar-refractivity contribution in [2.75, 3.05) is 6.61 Å². The highest BCUT2D eigenvalue weighted by molar-refractivity contribution is 6.04. The number of pyridine rings is 1. The fraction of sp³-hybridized carbons (Fsp3) is 0.618. The van der Waals surface area contributed by atoms with Crippen molar-refractivity contribution in [1.82, 2.24) is 4.90 Å². The summed E-state index contributed by atoms with van der Waals surface area (Å²) in [7, 11) is 0. The molecule has 2 rings (SSSR count). The van der Waals surface area contributed by atoms with Crippen LogP contribution in [-0.2, 0) is 17.9 Å². The first-order valence-electron chi connectivity index (χ1n) is 15.5. The van der Waals surface area contributed by atoms with Crippen molar-refractivity contribution in [3.8, 4) is 5.75 Å². The maximum Gasteiger partial charge on any atom is 0.261 e. The summed E-state index contributed by atoms with van der Waals surface area (Å²) in [5.41, 5.74) is 2.28. The predicted molar refractivity (Wildman–Crippen MR) is 160 cm³/mol. The predicted octanol–water partition coefficient (Wildman–Crippen LogP) is 8.35. The Balaban J connectivity index is 1.67. The summed E-state index contributed by atoms with van der Waals surface area (Å²) in [6, 6.07) is 11.4. The van der Waals surface area contributed by atoms with Gasteiger partial charge in [-0.15, -0.1) is 0 Å². The van der Waals surface area contributed by atoms with Crippen molar-refractivity contribution < 1.29 is 18.9 Å². The van der Waals surface area contributed by atoms with E-state index in [-0.39, 0.29) is 18.4 Å². The Labute approximate surface area is 238 Å². The first kappa shape index (κ1) is 32.5. The third-order valence-electron chi connectivity index (χ3n) is 7.52. The number of unbranched alkanes of at least 4 members (excludes halogenated alkanes) is 13. The quantitative estimate of drug-likeness (QED) is 0.126. The summed E-state index contributed by atoms with van der Waals surface area (Å²) in [6.07, 6.45) is 20.7. The summed E-state index contributed by atoms with van der Waals surface area (Å²) in [6.45, 7) is 9.39. The lowest BCUT2D eigenvalue weighted by Gasteiger charge is -2.19. The monoisotopic (exact) mass is 537 g/mol. The molecule has 0 fully saturated rings. The van der Waals surface area contributed by atoms with Crippen LogP contribution in [0.4, 0.5) is 0 Å². The Morgan fingerprint density at radius 3 is 1.92 bits per heavy atom. The second-order valence-corrected chi connectivity index (χ2v) is 10.8. The van der Waals surface area contributed by atoms with Gasteiger partial charge >= 0.3 is 0 Å². The summed E-state index contributed by atoms with van der Waals surface area (Å²) in [5, 5.41) is 0. The zero-order chi connectivity index (χ0) is 28.3. The number of aromatic nitrogens is 1. The van der Waals surface area contributed by atoms with Crippen LogP contribution in [0.15, 0.2) is 42.6 Å². The second-order valence-electron chi connectivity index (χ2n) is 10.8. The van der Waals surface area contributed by atoms with Gasteiger partial charge in [0, 0.05) is 24.6 Å². The SMILES string of the molecule is CCCCCCCCCCCCCCCCOc1ccc(C(=O)N(Cc2cccc[n+]2CC)C(C)=O)c(C)c1. The van der Waals surface area contributed by atoms with Gasteiger partial charge in [-0.2, -0.15) is 0 Å². The van der Waals surface area contributed by atoms with E-state index in [9.17, 15) is 9.59 Å². The van der Waals surface area contributed by atoms with E-state index < -0.39 is 0 Å². The summed E-state index contributed by atoms with van der Waals surface area (Å²) >= 11 is 0. The van der Waals surface area contributed by atoms with E-state index in [0.29, 0.717) is 12.2 Å². The van der Waals surface area contributed by atoms with Crippen LogP contribution in [0.1, 0.15) is 132 Å². The van der Waals surface area contributed by atoms with Crippen molar-refractivity contribution in [1.29, 1.82) is 0 Å². The van der Waals surface area contributed by atoms with Crippen molar-refractivity contribution in [2.24, 2.45) is 0 Å². The van der Waals surface area contributed by atoms with Crippen molar-refractivity contribution in [3.63, 3.8) is 0 Å². The van der Waals surface area contributed by atoms with E-state index in [1.807, 2.05) is 54.9 Å². The Morgan fingerprint density at radius 2 is 1.38 bits per heavy atom. The number of nitrogens with zero attached hydrogens (tertiary/aromatic N) is 2. The fourth-order valence-electron chi connectivity index (χ4n) is 5.05. The molecule has 0 aliphatic heterocycles. The molecule has 0 aliphatic rings. The van der Waals surface area contributed by atoms with Crippen LogP contribution in [0, 0.1) is 6.92 Å². The third-order valence-corrected chi connectivity index (χ3v) is 7.52. The number of rotatable bonds is 20. The molecule has 5 nitrogen and oxygen atoms in total. The van der Waals surface area contributed by atoms with Gasteiger partial charge in [0.1, 0.15) is 18.8 Å². The van der Waals surface area contributed by atoms with Gasteiger partial charge < -0.3 is 4.74 Å². The second kappa shape index (κ2) is 19.4. The lowest BCUT2D eigenvalue weighted by Crippen LogP contribution is -2.43. The molecule has 1 aromatic heterocycles. The molecule has 0 bridgehead atoms. The van der Waals surface area contributed by atoms with E-state index in [0.717, 1.165) is 30.0 Å². The minimum atomic E-state index is -0.273. The summed E-state index contributed by atoms with van der Waals surface area (Å²) < 4.78 is 8.01. The Kier molecular flexibility index (Phi) is 16.2. The van der Waals surface area contributed by atoms with Gasteiger partial charge in [-0.3, -0.25) is 14.5 Å². The lowest BCUT2D eigenvalue weighted by molar-refractivity contribution is -0.701. The Bertz CT molecular complexity index is 988. The molecule has 0 saturated carbocycles. The Morgan fingerprint density at radius 1 is 0.795 bits per heavy atom. The number of carbonyl (C=O) groups excluding carboxylic acids is 2. The zero-order valence-electron chi connectivity index (χ0n) is 25.2. The number of hydrogen-bond donors (Lipinski definition) is 0. The van der Waals surface area contributed by atoms with E-state index in [1.54, 1.807) is 6.07 Å². The van der Waals surface area contributed by atoms with Crippen LogP contribution >= 0.6 is 0 Å². The van der Waals surface area contributed by atoms with E-state index in [4.69, 9.17) is 4.74 Å². The van der Waals surface area contributed by atoms with Crippen LogP contribution in [0.5, 0.6) is 5.75 Å². The molecule has 1 heterocycles. The summed E-state index contributed by atoms with van der Waals surface area (Å²) in [5.74, 6) is 0.245. The van der Waals surface area contributed by atoms with Gasteiger partial charge in [0.2, 0.25) is 11.6 Å². The highest BCUT2D eigenvalue weighted by Crippen LogP contribution is 2.20. The number of aryl methyl sites for hydroxylation is 2. The number of benzene rings is 1. The van der Waals surface area contributed by atoms with Crippen LogP contribution < -0.4 is 9.30 Å². The van der Waals surface area contributed by atoms with Gasteiger partial charge in [0.15, 0.2) is 6.20 Å². The molecule has 216 valence electrons. The number of ether oxygens (including phenoxy) is 1. The van der Waals surface area contributed by atoms with Gasteiger partial charge in [0.25, 0.3) is 5.91 Å². The minimum Gasteiger partial charge on any atom is -0.494 e. The van der Waals surface area contributed by atoms with Crippen LogP contribution in [-0.4, -0.2) is 23.3 Å². The lowest BCUT2D eigenvalue weighted by atomic mass is 10.0. The summed E-state index contributed by atoms with van der Waals surface area (Å²) in [4.78, 5) is 27.0.